The number of hydrogen-bond acceptors (Lipinski definition) is 4. The van der Waals surface area contributed by atoms with E-state index in [1.54, 1.807) is 13.0 Å². The van der Waals surface area contributed by atoms with Gasteiger partial charge in [0.1, 0.15) is 4.88 Å². The molecule has 6 heteroatoms. The fraction of sp³-hybridized carbons (Fsp3) is 0.455. The van der Waals surface area contributed by atoms with Crippen LogP contribution >= 0.6 is 11.3 Å². The van der Waals surface area contributed by atoms with Gasteiger partial charge in [-0.1, -0.05) is 0 Å². The summed E-state index contributed by atoms with van der Waals surface area (Å²) in [5.74, 6) is -0.348. The van der Waals surface area contributed by atoms with Gasteiger partial charge < -0.3 is 10.1 Å². The van der Waals surface area contributed by atoms with Gasteiger partial charge in [0.25, 0.3) is 0 Å². The van der Waals surface area contributed by atoms with Crippen LogP contribution in [0.1, 0.15) is 29.1 Å². The highest BCUT2D eigenvalue weighted by molar-refractivity contribution is 7.18. The Morgan fingerprint density at radius 2 is 2.12 bits per heavy atom. The monoisotopic (exact) mass is 256 g/mol. The molecule has 0 aliphatic carbocycles. The molecule has 0 bridgehead atoms. The Morgan fingerprint density at radius 1 is 1.41 bits per heavy atom. The smallest absolute Gasteiger partial charge is 0.348 e. The third kappa shape index (κ3) is 3.74. The van der Waals surface area contributed by atoms with Gasteiger partial charge >= 0.3 is 12.0 Å². The highest BCUT2D eigenvalue weighted by Crippen LogP contribution is 2.27. The molecule has 0 radical (unpaired) electrons. The van der Waals surface area contributed by atoms with Crippen molar-refractivity contribution in [1.82, 2.24) is 5.32 Å². The quantitative estimate of drug-likeness (QED) is 0.813. The molecule has 94 valence electrons. The van der Waals surface area contributed by atoms with E-state index in [9.17, 15) is 9.59 Å². The maximum Gasteiger partial charge on any atom is 0.348 e. The number of carbonyl (C=O) groups excluding carboxylic acids is 2. The Labute approximate surface area is 104 Å². The Morgan fingerprint density at radius 3 is 2.71 bits per heavy atom. The number of urea groups is 1. The van der Waals surface area contributed by atoms with Crippen molar-refractivity contribution in [1.29, 1.82) is 0 Å². The number of aryl methyl sites for hydroxylation is 1. The molecule has 0 aliphatic heterocycles. The molecule has 0 fully saturated rings. The van der Waals surface area contributed by atoms with Crippen molar-refractivity contribution in [2.75, 3.05) is 18.5 Å². The normalized spacial score (nSPS) is 9.82. The van der Waals surface area contributed by atoms with Crippen LogP contribution in [0.5, 0.6) is 0 Å². The van der Waals surface area contributed by atoms with Gasteiger partial charge in [-0.3, -0.25) is 5.32 Å². The first-order chi connectivity index (χ1) is 8.08. The molecular weight excluding hydrogens is 240 g/mol. The summed E-state index contributed by atoms with van der Waals surface area (Å²) in [7, 11) is 0. The summed E-state index contributed by atoms with van der Waals surface area (Å²) in [4.78, 5) is 23.4. The zero-order chi connectivity index (χ0) is 12.8. The van der Waals surface area contributed by atoms with Gasteiger partial charge in [-0.05, 0) is 32.4 Å². The topological polar surface area (TPSA) is 67.4 Å². The Bertz CT molecular complexity index is 415. The van der Waals surface area contributed by atoms with Gasteiger partial charge in [-0.25, -0.2) is 9.59 Å². The number of amides is 2. The number of esters is 1. The Hall–Kier alpha value is -1.56. The van der Waals surface area contributed by atoms with Crippen molar-refractivity contribution >= 4 is 28.3 Å². The number of thiophene rings is 1. The van der Waals surface area contributed by atoms with Crippen LogP contribution in [0.4, 0.5) is 9.80 Å². The highest BCUT2D eigenvalue weighted by atomic mass is 32.1. The van der Waals surface area contributed by atoms with E-state index in [0.717, 1.165) is 5.56 Å². The lowest BCUT2D eigenvalue weighted by Gasteiger charge is -2.02. The van der Waals surface area contributed by atoms with Gasteiger partial charge in [0.05, 0.1) is 11.6 Å². The van der Waals surface area contributed by atoms with E-state index >= 15 is 0 Å². The van der Waals surface area contributed by atoms with Crippen LogP contribution < -0.4 is 10.6 Å². The standard InChI is InChI=1S/C11H16N2O3S/c1-4-12-11(15)13-8-6-7(3)9(17-8)10(14)16-5-2/h6H,4-5H2,1-3H3,(H2,12,13,15). The molecular formula is C11H16N2O3S. The maximum atomic E-state index is 11.6. The van der Waals surface area contributed by atoms with E-state index in [1.807, 2.05) is 13.8 Å². The fourth-order valence-corrected chi connectivity index (χ4v) is 2.22. The van der Waals surface area contributed by atoms with Crippen molar-refractivity contribution < 1.29 is 14.3 Å². The lowest BCUT2D eigenvalue weighted by Crippen LogP contribution is -2.27. The number of nitrogens with one attached hydrogen (secondary N) is 2. The van der Waals surface area contributed by atoms with Gasteiger partial charge in [-0.2, -0.15) is 0 Å². The second kappa shape index (κ2) is 6.24. The average Bonchev–Trinajstić information content (AvgIpc) is 2.60. The first kappa shape index (κ1) is 13.5. The molecule has 5 nitrogen and oxygen atoms in total. The molecule has 1 aromatic heterocycles. The van der Waals surface area contributed by atoms with E-state index in [4.69, 9.17) is 4.74 Å². The third-order valence-corrected chi connectivity index (χ3v) is 3.09. The first-order valence-corrected chi connectivity index (χ1v) is 6.22. The first-order valence-electron chi connectivity index (χ1n) is 5.40. The minimum atomic E-state index is -0.348. The van der Waals surface area contributed by atoms with E-state index in [0.29, 0.717) is 23.0 Å². The number of hydrogen-bond donors (Lipinski definition) is 2. The second-order valence-corrected chi connectivity index (χ2v) is 4.38. The molecule has 0 aliphatic rings. The molecule has 2 N–H and O–H groups in total. The summed E-state index contributed by atoms with van der Waals surface area (Å²) in [5.41, 5.74) is 0.806. The predicted molar refractivity (Wildman–Crippen MR) is 67.7 cm³/mol. The fourth-order valence-electron chi connectivity index (χ4n) is 1.26. The maximum absolute atomic E-state index is 11.6. The van der Waals surface area contributed by atoms with Crippen molar-refractivity contribution in [3.63, 3.8) is 0 Å². The predicted octanol–water partition coefficient (Wildman–Crippen LogP) is 2.37. The van der Waals surface area contributed by atoms with Crippen LogP contribution in [0.15, 0.2) is 6.07 Å². The van der Waals surface area contributed by atoms with Crippen LogP contribution in [-0.2, 0) is 4.74 Å². The molecule has 0 spiro atoms. The number of rotatable bonds is 4. The van der Waals surface area contributed by atoms with Crippen molar-refractivity contribution in [2.45, 2.75) is 20.8 Å². The minimum Gasteiger partial charge on any atom is -0.462 e. The number of ether oxygens (including phenoxy) is 1. The Balaban J connectivity index is 2.74. The van der Waals surface area contributed by atoms with E-state index < -0.39 is 0 Å². The molecule has 2 amide bonds. The van der Waals surface area contributed by atoms with Crippen LogP contribution in [0.3, 0.4) is 0 Å². The summed E-state index contributed by atoms with van der Waals surface area (Å²) in [6, 6.07) is 1.48. The van der Waals surface area contributed by atoms with Crippen LogP contribution in [0.2, 0.25) is 0 Å². The van der Waals surface area contributed by atoms with Crippen molar-refractivity contribution in [2.24, 2.45) is 0 Å². The number of carbonyl (C=O) groups is 2. The van der Waals surface area contributed by atoms with Crippen LogP contribution in [-0.4, -0.2) is 25.2 Å². The molecule has 0 saturated carbocycles. The minimum absolute atomic E-state index is 0.274. The van der Waals surface area contributed by atoms with E-state index in [1.165, 1.54) is 11.3 Å². The summed E-state index contributed by atoms with van der Waals surface area (Å²) in [6.07, 6.45) is 0. The largest absolute Gasteiger partial charge is 0.462 e. The summed E-state index contributed by atoms with van der Waals surface area (Å²) < 4.78 is 4.92. The SMILES string of the molecule is CCNC(=O)Nc1cc(C)c(C(=O)OCC)s1. The molecule has 1 rings (SSSR count). The van der Waals surface area contributed by atoms with E-state index in [-0.39, 0.29) is 12.0 Å². The summed E-state index contributed by atoms with van der Waals surface area (Å²) in [6.45, 7) is 6.31. The lowest BCUT2D eigenvalue weighted by atomic mass is 10.3. The van der Waals surface area contributed by atoms with Crippen LogP contribution in [0.25, 0.3) is 0 Å². The zero-order valence-corrected chi connectivity index (χ0v) is 10.9. The molecule has 0 aromatic carbocycles. The molecule has 1 heterocycles. The van der Waals surface area contributed by atoms with Gasteiger partial charge in [0.15, 0.2) is 0 Å². The Kier molecular flexibility index (Phi) is 4.96. The second-order valence-electron chi connectivity index (χ2n) is 3.33. The summed E-state index contributed by atoms with van der Waals surface area (Å²) >= 11 is 1.22. The number of anilines is 1. The molecule has 0 unspecified atom stereocenters. The van der Waals surface area contributed by atoms with E-state index in [2.05, 4.69) is 10.6 Å². The highest BCUT2D eigenvalue weighted by Gasteiger charge is 2.15. The van der Waals surface area contributed by atoms with Crippen molar-refractivity contribution in [3.05, 3.63) is 16.5 Å². The summed E-state index contributed by atoms with van der Waals surface area (Å²) in [5, 5.41) is 5.91. The molecule has 1 aromatic rings. The van der Waals surface area contributed by atoms with Gasteiger partial charge in [0, 0.05) is 6.54 Å². The molecule has 0 saturated heterocycles. The van der Waals surface area contributed by atoms with Gasteiger partial charge in [-0.15, -0.1) is 11.3 Å². The average molecular weight is 256 g/mol. The molecule has 17 heavy (non-hydrogen) atoms. The molecule has 0 atom stereocenters. The third-order valence-electron chi connectivity index (χ3n) is 1.95. The van der Waals surface area contributed by atoms with Crippen LogP contribution in [0, 0.1) is 6.92 Å². The lowest BCUT2D eigenvalue weighted by molar-refractivity contribution is 0.0531. The zero-order valence-electron chi connectivity index (χ0n) is 10.1. The van der Waals surface area contributed by atoms with Gasteiger partial charge in [0.2, 0.25) is 0 Å². The van der Waals surface area contributed by atoms with Crippen molar-refractivity contribution in [3.8, 4) is 0 Å².